The number of aryl methyl sites for hydroxylation is 2. The lowest BCUT2D eigenvalue weighted by Gasteiger charge is -2.12. The lowest BCUT2D eigenvalue weighted by atomic mass is 10.1. The zero-order chi connectivity index (χ0) is 23.5. The topological polar surface area (TPSA) is 82.5 Å². The molecule has 5 aromatic rings. The molecule has 0 aliphatic rings. The molecule has 0 spiro atoms. The van der Waals surface area contributed by atoms with E-state index in [1.165, 1.54) is 11.8 Å². The molecule has 0 fully saturated rings. The standard InChI is InChI=1S/C25H21ClN6OS/c1-3-17-8-9-19(20(26)14-17)24-30-28-22(33-24)15-34-25-31-29-23(18-10-12-27-13-11-18)32(25)21-7-5-4-6-16(21)2/h4-14H,3,15H2,1-2H3. The highest BCUT2D eigenvalue weighted by Gasteiger charge is 2.19. The molecule has 34 heavy (non-hydrogen) atoms. The van der Waals surface area contributed by atoms with Crippen LogP contribution in [0.2, 0.25) is 5.02 Å². The maximum atomic E-state index is 6.43. The molecular formula is C25H21ClN6OS. The number of para-hydroxylation sites is 1. The summed E-state index contributed by atoms with van der Waals surface area (Å²) in [6.07, 6.45) is 4.41. The van der Waals surface area contributed by atoms with Gasteiger partial charge >= 0.3 is 0 Å². The molecule has 2 aromatic carbocycles. The van der Waals surface area contributed by atoms with Gasteiger partial charge in [-0.05, 0) is 54.8 Å². The molecule has 3 heterocycles. The van der Waals surface area contributed by atoms with Gasteiger partial charge in [0.05, 0.1) is 22.0 Å². The van der Waals surface area contributed by atoms with E-state index in [9.17, 15) is 0 Å². The number of hydrogen-bond donors (Lipinski definition) is 0. The third-order valence-corrected chi connectivity index (χ3v) is 6.62. The average molecular weight is 489 g/mol. The molecule has 0 bridgehead atoms. The predicted octanol–water partition coefficient (Wildman–Crippen LogP) is 6.20. The first-order chi connectivity index (χ1) is 16.6. The highest BCUT2D eigenvalue weighted by atomic mass is 35.5. The van der Waals surface area contributed by atoms with Gasteiger partial charge in [-0.3, -0.25) is 9.55 Å². The van der Waals surface area contributed by atoms with Gasteiger partial charge in [0.25, 0.3) is 0 Å². The number of aromatic nitrogens is 6. The second kappa shape index (κ2) is 9.79. The number of pyridine rings is 1. The van der Waals surface area contributed by atoms with Gasteiger partial charge in [-0.15, -0.1) is 20.4 Å². The van der Waals surface area contributed by atoms with Gasteiger partial charge in [0.1, 0.15) is 0 Å². The van der Waals surface area contributed by atoms with E-state index in [-0.39, 0.29) is 0 Å². The van der Waals surface area contributed by atoms with Crippen LogP contribution in [0.4, 0.5) is 0 Å². The second-order valence-electron chi connectivity index (χ2n) is 7.62. The van der Waals surface area contributed by atoms with Crippen LogP contribution in [0.3, 0.4) is 0 Å². The molecule has 170 valence electrons. The van der Waals surface area contributed by atoms with E-state index in [0.717, 1.165) is 45.3 Å². The summed E-state index contributed by atoms with van der Waals surface area (Å²) < 4.78 is 7.96. The highest BCUT2D eigenvalue weighted by molar-refractivity contribution is 7.98. The third kappa shape index (κ3) is 4.47. The monoisotopic (exact) mass is 488 g/mol. The summed E-state index contributed by atoms with van der Waals surface area (Å²) in [5, 5.41) is 18.7. The highest BCUT2D eigenvalue weighted by Crippen LogP contribution is 2.32. The van der Waals surface area contributed by atoms with Crippen molar-refractivity contribution in [3.05, 3.63) is 89.0 Å². The second-order valence-corrected chi connectivity index (χ2v) is 8.97. The Balaban J connectivity index is 1.44. The maximum absolute atomic E-state index is 6.43. The van der Waals surface area contributed by atoms with E-state index >= 15 is 0 Å². The molecule has 0 saturated carbocycles. The summed E-state index contributed by atoms with van der Waals surface area (Å²) in [4.78, 5) is 4.12. The molecule has 0 saturated heterocycles. The molecule has 0 unspecified atom stereocenters. The average Bonchev–Trinajstić information content (AvgIpc) is 3.51. The number of thioether (sulfide) groups is 1. The van der Waals surface area contributed by atoms with Crippen LogP contribution >= 0.6 is 23.4 Å². The molecule has 7 nitrogen and oxygen atoms in total. The number of hydrogen-bond acceptors (Lipinski definition) is 7. The Bertz CT molecular complexity index is 1430. The van der Waals surface area contributed by atoms with Crippen molar-refractivity contribution in [1.29, 1.82) is 0 Å². The van der Waals surface area contributed by atoms with E-state index in [4.69, 9.17) is 16.0 Å². The number of rotatable bonds is 7. The summed E-state index contributed by atoms with van der Waals surface area (Å²) in [7, 11) is 0. The van der Waals surface area contributed by atoms with Gasteiger partial charge in [-0.1, -0.05) is 54.6 Å². The molecule has 0 aliphatic carbocycles. The van der Waals surface area contributed by atoms with E-state index < -0.39 is 0 Å². The molecule has 0 aliphatic heterocycles. The van der Waals surface area contributed by atoms with Crippen LogP contribution < -0.4 is 0 Å². The van der Waals surface area contributed by atoms with Crippen LogP contribution in [0, 0.1) is 6.92 Å². The van der Waals surface area contributed by atoms with Crippen molar-refractivity contribution in [3.63, 3.8) is 0 Å². The van der Waals surface area contributed by atoms with Gasteiger partial charge in [-0.2, -0.15) is 0 Å². The van der Waals surface area contributed by atoms with Gasteiger partial charge < -0.3 is 4.42 Å². The van der Waals surface area contributed by atoms with Gasteiger partial charge in [0.15, 0.2) is 11.0 Å². The van der Waals surface area contributed by atoms with Gasteiger partial charge in [0.2, 0.25) is 11.8 Å². The summed E-state index contributed by atoms with van der Waals surface area (Å²) >= 11 is 7.91. The van der Waals surface area contributed by atoms with Crippen molar-refractivity contribution >= 4 is 23.4 Å². The molecule has 0 N–H and O–H groups in total. The Morgan fingerprint density at radius 2 is 1.79 bits per heavy atom. The first-order valence-corrected chi connectivity index (χ1v) is 12.2. The zero-order valence-corrected chi connectivity index (χ0v) is 20.2. The summed E-state index contributed by atoms with van der Waals surface area (Å²) in [6.45, 7) is 4.15. The van der Waals surface area contributed by atoms with Crippen LogP contribution in [0.5, 0.6) is 0 Å². The minimum atomic E-state index is 0.404. The van der Waals surface area contributed by atoms with Crippen molar-refractivity contribution in [2.75, 3.05) is 0 Å². The van der Waals surface area contributed by atoms with Crippen molar-refractivity contribution < 1.29 is 4.42 Å². The lowest BCUT2D eigenvalue weighted by molar-refractivity contribution is 0.528. The van der Waals surface area contributed by atoms with Crippen molar-refractivity contribution in [2.45, 2.75) is 31.2 Å². The Kier molecular flexibility index (Phi) is 6.42. The van der Waals surface area contributed by atoms with Crippen LogP contribution in [-0.4, -0.2) is 29.9 Å². The maximum Gasteiger partial charge on any atom is 0.249 e. The Labute approximate surface area is 206 Å². The Morgan fingerprint density at radius 1 is 0.971 bits per heavy atom. The number of nitrogens with zero attached hydrogens (tertiary/aromatic N) is 6. The summed E-state index contributed by atoms with van der Waals surface area (Å²) in [5.41, 5.74) is 4.94. The van der Waals surface area contributed by atoms with E-state index in [0.29, 0.717) is 22.6 Å². The Hall–Kier alpha value is -3.49. The van der Waals surface area contributed by atoms with Crippen molar-refractivity contribution in [3.8, 4) is 28.5 Å². The Morgan fingerprint density at radius 3 is 2.56 bits per heavy atom. The normalized spacial score (nSPS) is 11.1. The SMILES string of the molecule is CCc1ccc(-c2nnc(CSc3nnc(-c4ccncc4)n3-c3ccccc3C)o2)c(Cl)c1. The quantitative estimate of drug-likeness (QED) is 0.252. The van der Waals surface area contributed by atoms with Crippen molar-refractivity contribution in [2.24, 2.45) is 0 Å². The van der Waals surface area contributed by atoms with Crippen LogP contribution in [0.15, 0.2) is 76.6 Å². The fourth-order valence-corrected chi connectivity index (χ4v) is 4.65. The van der Waals surface area contributed by atoms with Crippen LogP contribution in [0.25, 0.3) is 28.5 Å². The van der Waals surface area contributed by atoms with E-state index in [1.807, 2.05) is 47.0 Å². The first kappa shape index (κ1) is 22.3. The molecule has 0 radical (unpaired) electrons. The van der Waals surface area contributed by atoms with Crippen LogP contribution in [-0.2, 0) is 12.2 Å². The molecule has 0 atom stereocenters. The molecule has 9 heteroatoms. The fourth-order valence-electron chi connectivity index (χ4n) is 3.58. The molecule has 0 amide bonds. The smallest absolute Gasteiger partial charge is 0.249 e. The first-order valence-electron chi connectivity index (χ1n) is 10.8. The van der Waals surface area contributed by atoms with Crippen LogP contribution in [0.1, 0.15) is 23.9 Å². The van der Waals surface area contributed by atoms with Gasteiger partial charge in [-0.25, -0.2) is 0 Å². The number of benzene rings is 2. The largest absolute Gasteiger partial charge is 0.420 e. The molecule has 5 rings (SSSR count). The third-order valence-electron chi connectivity index (χ3n) is 5.39. The van der Waals surface area contributed by atoms with Gasteiger partial charge in [0, 0.05) is 18.0 Å². The van der Waals surface area contributed by atoms with E-state index in [2.05, 4.69) is 51.4 Å². The summed E-state index contributed by atoms with van der Waals surface area (Å²) in [5.74, 6) is 2.08. The summed E-state index contributed by atoms with van der Waals surface area (Å²) in [6, 6.07) is 17.9. The van der Waals surface area contributed by atoms with Crippen molar-refractivity contribution in [1.82, 2.24) is 29.9 Å². The minimum Gasteiger partial charge on any atom is -0.420 e. The lowest BCUT2D eigenvalue weighted by Crippen LogP contribution is -2.02. The molecular weight excluding hydrogens is 468 g/mol. The van der Waals surface area contributed by atoms with E-state index in [1.54, 1.807) is 12.4 Å². The zero-order valence-electron chi connectivity index (χ0n) is 18.6. The minimum absolute atomic E-state index is 0.404. The predicted molar refractivity (Wildman–Crippen MR) is 133 cm³/mol. The molecule has 3 aromatic heterocycles. The fraction of sp³-hybridized carbons (Fsp3) is 0.160. The number of halogens is 1.